The summed E-state index contributed by atoms with van der Waals surface area (Å²) in [5, 5.41) is 12.5. The van der Waals surface area contributed by atoms with Gasteiger partial charge in [-0.25, -0.2) is 4.79 Å². The van der Waals surface area contributed by atoms with Crippen LogP contribution >= 0.6 is 0 Å². The van der Waals surface area contributed by atoms with Crippen LogP contribution in [0.15, 0.2) is 18.2 Å². The van der Waals surface area contributed by atoms with Crippen molar-refractivity contribution in [3.8, 4) is 0 Å². The topological polar surface area (TPSA) is 82.4 Å². The summed E-state index contributed by atoms with van der Waals surface area (Å²) in [5.74, 6) is 0.239. The average molecular weight is 331 g/mol. The zero-order valence-electron chi connectivity index (χ0n) is 14.1. The molecular formula is C16H21N5O3. The van der Waals surface area contributed by atoms with Gasteiger partial charge in [0.2, 0.25) is 0 Å². The first kappa shape index (κ1) is 16.4. The van der Waals surface area contributed by atoms with Crippen molar-refractivity contribution in [1.29, 1.82) is 0 Å². The molecule has 3 heterocycles. The molecule has 2 aromatic rings. The number of nitrogens with zero attached hydrogens (tertiary/aromatic N) is 5. The summed E-state index contributed by atoms with van der Waals surface area (Å²) in [6, 6.07) is 5.46. The van der Waals surface area contributed by atoms with Crippen molar-refractivity contribution >= 4 is 11.8 Å². The minimum atomic E-state index is -0.488. The summed E-state index contributed by atoms with van der Waals surface area (Å²) < 4.78 is 12.5. The van der Waals surface area contributed by atoms with E-state index in [0.717, 1.165) is 23.8 Å². The number of hydrogen-bond donors (Lipinski definition) is 0. The van der Waals surface area contributed by atoms with Crippen LogP contribution in [0.4, 0.5) is 5.82 Å². The molecule has 3 rings (SSSR count). The smallest absolute Gasteiger partial charge is 0.358 e. The molecule has 8 nitrogen and oxygen atoms in total. The van der Waals surface area contributed by atoms with Gasteiger partial charge in [0.15, 0.2) is 11.5 Å². The zero-order valence-corrected chi connectivity index (χ0v) is 14.1. The van der Waals surface area contributed by atoms with E-state index in [0.29, 0.717) is 19.7 Å². The Kier molecular flexibility index (Phi) is 4.75. The lowest BCUT2D eigenvalue weighted by molar-refractivity contribution is 0.0267. The fourth-order valence-corrected chi connectivity index (χ4v) is 2.80. The van der Waals surface area contributed by atoms with Gasteiger partial charge >= 0.3 is 5.97 Å². The van der Waals surface area contributed by atoms with Crippen LogP contribution in [0, 0.1) is 13.8 Å². The van der Waals surface area contributed by atoms with Crippen LogP contribution in [0.1, 0.15) is 21.9 Å². The van der Waals surface area contributed by atoms with Crippen LogP contribution in [0.5, 0.6) is 0 Å². The van der Waals surface area contributed by atoms with Gasteiger partial charge in [0.05, 0.1) is 32.1 Å². The Morgan fingerprint density at radius 1 is 1.38 bits per heavy atom. The third-order valence-corrected chi connectivity index (χ3v) is 3.99. The molecule has 2 aromatic heterocycles. The highest BCUT2D eigenvalue weighted by Gasteiger charge is 2.23. The second kappa shape index (κ2) is 6.96. The van der Waals surface area contributed by atoms with Crippen LogP contribution in [0.25, 0.3) is 0 Å². The summed E-state index contributed by atoms with van der Waals surface area (Å²) in [6.45, 7) is 6.77. The van der Waals surface area contributed by atoms with E-state index in [1.165, 1.54) is 7.11 Å². The molecule has 0 amide bonds. The summed E-state index contributed by atoms with van der Waals surface area (Å²) in [5.41, 5.74) is 2.33. The van der Waals surface area contributed by atoms with Crippen LogP contribution in [-0.4, -0.2) is 58.9 Å². The lowest BCUT2D eigenvalue weighted by atomic mass is 10.2. The number of esters is 1. The van der Waals surface area contributed by atoms with E-state index in [9.17, 15) is 4.79 Å². The van der Waals surface area contributed by atoms with Crippen molar-refractivity contribution in [2.75, 3.05) is 31.7 Å². The van der Waals surface area contributed by atoms with Crippen LogP contribution in [0.2, 0.25) is 0 Å². The van der Waals surface area contributed by atoms with Crippen molar-refractivity contribution in [3.05, 3.63) is 35.3 Å². The second-order valence-corrected chi connectivity index (χ2v) is 5.82. The van der Waals surface area contributed by atoms with Crippen molar-refractivity contribution in [1.82, 2.24) is 20.0 Å². The van der Waals surface area contributed by atoms with Gasteiger partial charge in [-0.3, -0.25) is 4.68 Å². The Morgan fingerprint density at radius 2 is 2.21 bits per heavy atom. The van der Waals surface area contributed by atoms with E-state index in [1.54, 1.807) is 12.1 Å². The van der Waals surface area contributed by atoms with E-state index >= 15 is 0 Å². The molecule has 0 saturated carbocycles. The van der Waals surface area contributed by atoms with Crippen LogP contribution < -0.4 is 4.90 Å². The molecule has 128 valence electrons. The number of rotatable bonds is 4. The molecule has 0 aliphatic carbocycles. The molecule has 1 fully saturated rings. The lowest BCUT2D eigenvalue weighted by Gasteiger charge is -2.33. The first-order chi connectivity index (χ1) is 11.6. The number of hydrogen-bond acceptors (Lipinski definition) is 7. The number of aromatic nitrogens is 4. The van der Waals surface area contributed by atoms with Crippen molar-refractivity contribution in [3.63, 3.8) is 0 Å². The summed E-state index contributed by atoms with van der Waals surface area (Å²) in [7, 11) is 1.32. The molecule has 0 spiro atoms. The number of ether oxygens (including phenoxy) is 2. The van der Waals surface area contributed by atoms with E-state index in [1.807, 2.05) is 18.5 Å². The summed E-state index contributed by atoms with van der Waals surface area (Å²) in [6.07, 6.45) is 0.0267. The standard InChI is InChI=1S/C16H21N5O3/c1-11-8-12(2)21(19-11)10-13-9-20(6-7-24-13)15-5-4-14(17-18-15)16(22)23-3/h4-5,8,13H,6-7,9-10H2,1-3H3. The van der Waals surface area contributed by atoms with Crippen LogP contribution in [0.3, 0.4) is 0 Å². The Labute approximate surface area is 140 Å². The highest BCUT2D eigenvalue weighted by Crippen LogP contribution is 2.16. The second-order valence-electron chi connectivity index (χ2n) is 5.82. The normalized spacial score (nSPS) is 17.8. The van der Waals surface area contributed by atoms with E-state index < -0.39 is 5.97 Å². The van der Waals surface area contributed by atoms with E-state index in [-0.39, 0.29) is 11.8 Å². The molecule has 0 bridgehead atoms. The van der Waals surface area contributed by atoms with E-state index in [4.69, 9.17) is 4.74 Å². The number of morpholine rings is 1. The molecule has 24 heavy (non-hydrogen) atoms. The maximum atomic E-state index is 11.4. The van der Waals surface area contributed by atoms with Gasteiger partial charge < -0.3 is 14.4 Å². The first-order valence-corrected chi connectivity index (χ1v) is 7.86. The maximum absolute atomic E-state index is 11.4. The minimum absolute atomic E-state index is 0.0267. The predicted molar refractivity (Wildman–Crippen MR) is 87.0 cm³/mol. The van der Waals surface area contributed by atoms with Gasteiger partial charge in [-0.1, -0.05) is 0 Å². The molecule has 1 atom stereocenters. The third-order valence-electron chi connectivity index (χ3n) is 3.99. The van der Waals surface area contributed by atoms with Crippen LogP contribution in [-0.2, 0) is 16.0 Å². The molecule has 0 aromatic carbocycles. The predicted octanol–water partition coefficient (Wildman–Crippen LogP) is 0.982. The fourth-order valence-electron chi connectivity index (χ4n) is 2.80. The van der Waals surface area contributed by atoms with Gasteiger partial charge in [-0.2, -0.15) is 5.10 Å². The molecular weight excluding hydrogens is 310 g/mol. The molecule has 8 heteroatoms. The number of carbonyl (C=O) groups is 1. The molecule has 0 N–H and O–H groups in total. The summed E-state index contributed by atoms with van der Waals surface area (Å²) >= 11 is 0. The van der Waals surface area contributed by atoms with Crippen molar-refractivity contribution < 1.29 is 14.3 Å². The molecule has 1 unspecified atom stereocenters. The Morgan fingerprint density at radius 3 is 2.83 bits per heavy atom. The molecule has 1 aliphatic heterocycles. The third kappa shape index (κ3) is 3.53. The Balaban J connectivity index is 1.67. The lowest BCUT2D eigenvalue weighted by Crippen LogP contribution is -2.45. The fraction of sp³-hybridized carbons (Fsp3) is 0.500. The quantitative estimate of drug-likeness (QED) is 0.772. The number of carbonyl (C=O) groups excluding carboxylic acids is 1. The van der Waals surface area contributed by atoms with Gasteiger partial charge in [0, 0.05) is 18.8 Å². The van der Waals surface area contributed by atoms with Crippen molar-refractivity contribution in [2.45, 2.75) is 26.5 Å². The maximum Gasteiger partial charge on any atom is 0.358 e. The summed E-state index contributed by atoms with van der Waals surface area (Å²) in [4.78, 5) is 13.5. The number of methoxy groups -OCH3 is 1. The Hall–Kier alpha value is -2.48. The molecule has 0 radical (unpaired) electrons. The van der Waals surface area contributed by atoms with E-state index in [2.05, 4.69) is 31.0 Å². The average Bonchev–Trinajstić information content (AvgIpc) is 2.92. The SMILES string of the molecule is COC(=O)c1ccc(N2CCOC(Cn3nc(C)cc3C)C2)nn1. The Bertz CT molecular complexity index is 713. The first-order valence-electron chi connectivity index (χ1n) is 7.86. The molecule has 1 aliphatic rings. The monoisotopic (exact) mass is 331 g/mol. The van der Waals surface area contributed by atoms with Gasteiger partial charge in [-0.15, -0.1) is 10.2 Å². The highest BCUT2D eigenvalue weighted by atomic mass is 16.5. The highest BCUT2D eigenvalue weighted by molar-refractivity contribution is 5.86. The zero-order chi connectivity index (χ0) is 17.1. The molecule has 1 saturated heterocycles. The largest absolute Gasteiger partial charge is 0.464 e. The van der Waals surface area contributed by atoms with Gasteiger partial charge in [0.25, 0.3) is 0 Å². The van der Waals surface area contributed by atoms with Gasteiger partial charge in [0.1, 0.15) is 0 Å². The number of aryl methyl sites for hydroxylation is 2. The van der Waals surface area contributed by atoms with Gasteiger partial charge in [-0.05, 0) is 32.0 Å². The van der Waals surface area contributed by atoms with Crippen molar-refractivity contribution in [2.24, 2.45) is 0 Å². The number of anilines is 1. The minimum Gasteiger partial charge on any atom is -0.464 e.